The van der Waals surface area contributed by atoms with Crippen LogP contribution >= 0.6 is 11.3 Å². The number of aliphatic hydroxyl groups excluding tert-OH is 3. The van der Waals surface area contributed by atoms with Crippen molar-refractivity contribution < 1.29 is 20.1 Å². The van der Waals surface area contributed by atoms with Gasteiger partial charge in [0, 0.05) is 38.8 Å². The quantitative estimate of drug-likeness (QED) is 0.229. The molecule has 0 bridgehead atoms. The standard InChI is InChI=1S/C25H36N6O4S/c1-4-31(5-2)23-19(24-28-16-9-7-8-10-18(16)36-24)22(29-25(30-23)26-11-12-35-6-3)27-17-13-15(14-32)20(33)21(17)34/h7-10,15,17,20-21,32-34H,4-6,11-14H2,1-3H3,(H2,26,27,29,30). The lowest BCUT2D eigenvalue weighted by Gasteiger charge is -2.26. The number of rotatable bonds is 12. The molecule has 1 aromatic carbocycles. The Balaban J connectivity index is 1.82. The number of thiazole rings is 1. The summed E-state index contributed by atoms with van der Waals surface area (Å²) < 4.78 is 6.51. The summed E-state index contributed by atoms with van der Waals surface area (Å²) in [5.41, 5.74) is 1.65. The van der Waals surface area contributed by atoms with Crippen LogP contribution in [-0.4, -0.2) is 88.0 Å². The molecule has 0 aliphatic heterocycles. The van der Waals surface area contributed by atoms with Crippen molar-refractivity contribution in [3.8, 4) is 10.6 Å². The van der Waals surface area contributed by atoms with Crippen molar-refractivity contribution in [3.05, 3.63) is 24.3 Å². The van der Waals surface area contributed by atoms with Crippen LogP contribution in [0.25, 0.3) is 20.8 Å². The number of nitrogens with one attached hydrogen (secondary N) is 2. The topological polar surface area (TPSA) is 136 Å². The molecule has 2 aromatic heterocycles. The Hall–Kier alpha value is -2.57. The van der Waals surface area contributed by atoms with E-state index in [2.05, 4.69) is 29.4 Å². The lowest BCUT2D eigenvalue weighted by Crippen LogP contribution is -2.36. The summed E-state index contributed by atoms with van der Waals surface area (Å²) in [5, 5.41) is 38.2. The SMILES string of the molecule is CCOCCNc1nc(NC2CC(CO)C(O)C2O)c(-c2nc3ccccc3s2)c(N(CC)CC)n1. The summed E-state index contributed by atoms with van der Waals surface area (Å²) in [6, 6.07) is 7.48. The van der Waals surface area contributed by atoms with Crippen LogP contribution in [-0.2, 0) is 4.74 Å². The molecular formula is C25H36N6O4S. The van der Waals surface area contributed by atoms with Crippen LogP contribution in [0.3, 0.4) is 0 Å². The minimum atomic E-state index is -1.04. The maximum absolute atomic E-state index is 10.7. The number of hydrogen-bond donors (Lipinski definition) is 5. The molecule has 5 N–H and O–H groups in total. The predicted octanol–water partition coefficient (Wildman–Crippen LogP) is 2.56. The normalized spacial score (nSPS) is 21.7. The number of benzene rings is 1. The fourth-order valence-electron chi connectivity index (χ4n) is 4.56. The lowest BCUT2D eigenvalue weighted by molar-refractivity contribution is 0.00446. The lowest BCUT2D eigenvalue weighted by atomic mass is 10.1. The van der Waals surface area contributed by atoms with Crippen molar-refractivity contribution in [2.24, 2.45) is 5.92 Å². The Morgan fingerprint density at radius 2 is 1.86 bits per heavy atom. The van der Waals surface area contributed by atoms with Crippen LogP contribution in [0.5, 0.6) is 0 Å². The fourth-order valence-corrected chi connectivity index (χ4v) is 5.57. The van der Waals surface area contributed by atoms with Crippen molar-refractivity contribution in [1.82, 2.24) is 15.0 Å². The minimum Gasteiger partial charge on any atom is -0.396 e. The Labute approximate surface area is 215 Å². The Bertz CT molecular complexity index is 1110. The Morgan fingerprint density at radius 1 is 1.08 bits per heavy atom. The van der Waals surface area contributed by atoms with Gasteiger partial charge < -0.3 is 35.6 Å². The summed E-state index contributed by atoms with van der Waals surface area (Å²) in [6.45, 7) is 9.07. The summed E-state index contributed by atoms with van der Waals surface area (Å²) in [7, 11) is 0. The number of hydrogen-bond acceptors (Lipinski definition) is 11. The van der Waals surface area contributed by atoms with E-state index < -0.39 is 24.2 Å². The van der Waals surface area contributed by atoms with E-state index in [9.17, 15) is 15.3 Å². The smallest absolute Gasteiger partial charge is 0.226 e. The fraction of sp³-hybridized carbons (Fsp3) is 0.560. The highest BCUT2D eigenvalue weighted by atomic mass is 32.1. The van der Waals surface area contributed by atoms with Crippen LogP contribution in [0.4, 0.5) is 17.6 Å². The van der Waals surface area contributed by atoms with Gasteiger partial charge in [-0.3, -0.25) is 0 Å². The Morgan fingerprint density at radius 3 is 2.53 bits per heavy atom. The summed E-state index contributed by atoms with van der Waals surface area (Å²) in [4.78, 5) is 16.7. The monoisotopic (exact) mass is 516 g/mol. The molecule has 0 radical (unpaired) electrons. The van der Waals surface area contributed by atoms with Crippen molar-refractivity contribution in [1.29, 1.82) is 0 Å². The van der Waals surface area contributed by atoms with E-state index in [1.54, 1.807) is 11.3 Å². The average molecular weight is 517 g/mol. The third-order valence-corrected chi connectivity index (χ3v) is 7.61. The zero-order valence-electron chi connectivity index (χ0n) is 21.0. The van der Waals surface area contributed by atoms with E-state index in [1.807, 2.05) is 31.2 Å². The van der Waals surface area contributed by atoms with E-state index >= 15 is 0 Å². The van der Waals surface area contributed by atoms with Gasteiger partial charge in [-0.15, -0.1) is 11.3 Å². The molecule has 0 spiro atoms. The number of fused-ring (bicyclic) bond motifs is 1. The van der Waals surface area contributed by atoms with Crippen molar-refractivity contribution in [2.45, 2.75) is 45.4 Å². The molecule has 4 atom stereocenters. The molecule has 2 heterocycles. The molecule has 1 aliphatic carbocycles. The number of para-hydroxylation sites is 1. The van der Waals surface area contributed by atoms with Gasteiger partial charge in [0.1, 0.15) is 22.7 Å². The van der Waals surface area contributed by atoms with Gasteiger partial charge >= 0.3 is 0 Å². The summed E-state index contributed by atoms with van der Waals surface area (Å²) >= 11 is 1.56. The maximum Gasteiger partial charge on any atom is 0.226 e. The summed E-state index contributed by atoms with van der Waals surface area (Å²) in [6.07, 6.45) is -1.63. The zero-order chi connectivity index (χ0) is 25.7. The second-order valence-electron chi connectivity index (χ2n) is 8.79. The minimum absolute atomic E-state index is 0.195. The highest BCUT2D eigenvalue weighted by molar-refractivity contribution is 7.21. The molecule has 0 amide bonds. The van der Waals surface area contributed by atoms with E-state index in [0.717, 1.165) is 39.7 Å². The van der Waals surface area contributed by atoms with Gasteiger partial charge in [0.2, 0.25) is 5.95 Å². The average Bonchev–Trinajstić information content (AvgIpc) is 3.43. The van der Waals surface area contributed by atoms with Gasteiger partial charge in [0.15, 0.2) is 0 Å². The molecule has 1 aliphatic rings. The highest BCUT2D eigenvalue weighted by Gasteiger charge is 2.41. The molecular weight excluding hydrogens is 480 g/mol. The van der Waals surface area contributed by atoms with Crippen molar-refractivity contribution >= 4 is 39.1 Å². The highest BCUT2D eigenvalue weighted by Crippen LogP contribution is 2.41. The number of anilines is 3. The van der Waals surface area contributed by atoms with Crippen LogP contribution in [0.1, 0.15) is 27.2 Å². The molecule has 10 nitrogen and oxygen atoms in total. The molecule has 3 aromatic rings. The van der Waals surface area contributed by atoms with Gasteiger partial charge in [0.25, 0.3) is 0 Å². The van der Waals surface area contributed by atoms with Crippen LogP contribution in [0.2, 0.25) is 0 Å². The number of aromatic nitrogens is 3. The van der Waals surface area contributed by atoms with Crippen LogP contribution in [0, 0.1) is 5.92 Å². The zero-order valence-corrected chi connectivity index (χ0v) is 21.8. The van der Waals surface area contributed by atoms with Crippen LogP contribution in [0.15, 0.2) is 24.3 Å². The van der Waals surface area contributed by atoms with Crippen LogP contribution < -0.4 is 15.5 Å². The molecule has 11 heteroatoms. The van der Waals surface area contributed by atoms with Crippen molar-refractivity contribution in [3.63, 3.8) is 0 Å². The van der Waals surface area contributed by atoms with E-state index in [-0.39, 0.29) is 6.61 Å². The molecule has 0 saturated heterocycles. The molecule has 1 fully saturated rings. The van der Waals surface area contributed by atoms with Gasteiger partial charge in [-0.1, -0.05) is 12.1 Å². The van der Waals surface area contributed by atoms with Crippen molar-refractivity contribution in [2.75, 3.05) is 55.0 Å². The van der Waals surface area contributed by atoms with Gasteiger partial charge in [-0.2, -0.15) is 9.97 Å². The van der Waals surface area contributed by atoms with Gasteiger partial charge in [-0.05, 0) is 39.3 Å². The largest absolute Gasteiger partial charge is 0.396 e. The van der Waals surface area contributed by atoms with Gasteiger partial charge in [0.05, 0.1) is 34.5 Å². The van der Waals surface area contributed by atoms with Gasteiger partial charge in [-0.25, -0.2) is 4.98 Å². The second kappa shape index (κ2) is 12.1. The molecule has 36 heavy (non-hydrogen) atoms. The first kappa shape index (κ1) is 26.5. The maximum atomic E-state index is 10.7. The van der Waals surface area contributed by atoms with E-state index in [0.29, 0.717) is 37.9 Å². The summed E-state index contributed by atoms with van der Waals surface area (Å²) in [5.74, 6) is 1.30. The number of nitrogens with zero attached hydrogens (tertiary/aromatic N) is 4. The van der Waals surface area contributed by atoms with E-state index in [4.69, 9.17) is 19.7 Å². The second-order valence-corrected chi connectivity index (χ2v) is 9.82. The number of ether oxygens (including phenoxy) is 1. The predicted molar refractivity (Wildman–Crippen MR) is 144 cm³/mol. The first-order chi connectivity index (χ1) is 17.5. The third kappa shape index (κ3) is 5.55. The molecule has 196 valence electrons. The molecule has 4 unspecified atom stereocenters. The first-order valence-corrected chi connectivity index (χ1v) is 13.4. The number of aliphatic hydroxyl groups is 3. The van der Waals surface area contributed by atoms with E-state index in [1.165, 1.54) is 0 Å². The molecule has 4 rings (SSSR count). The first-order valence-electron chi connectivity index (χ1n) is 12.6. The Kier molecular flexibility index (Phi) is 8.91. The third-order valence-electron chi connectivity index (χ3n) is 6.55. The molecule has 1 saturated carbocycles.